The Morgan fingerprint density at radius 3 is 2.33 bits per heavy atom. The predicted molar refractivity (Wildman–Crippen MR) is 86.0 cm³/mol. The highest BCUT2D eigenvalue weighted by atomic mass is 35.5. The standard InChI is InChI=1S/C14H20Cl2N2O3/c1-14(2,3)21-5-4-20-8-12(19)18-13-10(15)6-9(17)7-11(13)16/h6-7H,4-5,8,17H2,1-3H3,(H,18,19). The molecular formula is C14H20Cl2N2O3. The van der Waals surface area contributed by atoms with E-state index in [4.69, 9.17) is 38.4 Å². The van der Waals surface area contributed by atoms with Crippen molar-refractivity contribution in [2.24, 2.45) is 0 Å². The lowest BCUT2D eigenvalue weighted by Crippen LogP contribution is -2.24. The summed E-state index contributed by atoms with van der Waals surface area (Å²) in [7, 11) is 0. The zero-order chi connectivity index (χ0) is 16.0. The second kappa shape index (κ2) is 7.84. The number of hydrogen-bond acceptors (Lipinski definition) is 4. The SMILES string of the molecule is CC(C)(C)OCCOCC(=O)Nc1c(Cl)cc(N)cc1Cl. The van der Waals surface area contributed by atoms with Crippen LogP contribution in [-0.4, -0.2) is 31.3 Å². The molecule has 3 N–H and O–H groups in total. The lowest BCUT2D eigenvalue weighted by Gasteiger charge is -2.19. The molecule has 0 aliphatic heterocycles. The van der Waals surface area contributed by atoms with Gasteiger partial charge in [-0.15, -0.1) is 0 Å². The molecule has 7 heteroatoms. The van der Waals surface area contributed by atoms with E-state index in [2.05, 4.69) is 5.32 Å². The van der Waals surface area contributed by atoms with Crippen LogP contribution < -0.4 is 11.1 Å². The lowest BCUT2D eigenvalue weighted by atomic mass is 10.2. The van der Waals surface area contributed by atoms with Crippen LogP contribution in [-0.2, 0) is 14.3 Å². The molecule has 0 saturated carbocycles. The number of nitrogen functional groups attached to an aromatic ring is 1. The molecule has 1 rings (SSSR count). The normalized spacial score (nSPS) is 11.5. The maximum absolute atomic E-state index is 11.7. The number of rotatable bonds is 6. The van der Waals surface area contributed by atoms with E-state index >= 15 is 0 Å². The Balaban J connectivity index is 2.38. The second-order valence-electron chi connectivity index (χ2n) is 5.42. The number of carbonyl (C=O) groups excluding carboxylic acids is 1. The van der Waals surface area contributed by atoms with Crippen molar-refractivity contribution in [2.45, 2.75) is 26.4 Å². The molecule has 1 amide bonds. The van der Waals surface area contributed by atoms with E-state index in [1.165, 1.54) is 12.1 Å². The minimum absolute atomic E-state index is 0.107. The van der Waals surface area contributed by atoms with Crippen LogP contribution in [0.5, 0.6) is 0 Å². The molecule has 5 nitrogen and oxygen atoms in total. The van der Waals surface area contributed by atoms with Gasteiger partial charge in [0, 0.05) is 5.69 Å². The van der Waals surface area contributed by atoms with Gasteiger partial charge in [-0.2, -0.15) is 0 Å². The summed E-state index contributed by atoms with van der Waals surface area (Å²) in [5.41, 5.74) is 6.12. The van der Waals surface area contributed by atoms with E-state index in [9.17, 15) is 4.79 Å². The van der Waals surface area contributed by atoms with E-state index in [0.29, 0.717) is 24.6 Å². The topological polar surface area (TPSA) is 73.6 Å². The summed E-state index contributed by atoms with van der Waals surface area (Å²) in [6.07, 6.45) is 0. The molecule has 0 aliphatic rings. The van der Waals surface area contributed by atoms with Gasteiger partial charge in [0.2, 0.25) is 5.91 Å². The summed E-state index contributed by atoms with van der Waals surface area (Å²) >= 11 is 11.9. The van der Waals surface area contributed by atoms with E-state index in [-0.39, 0.29) is 28.2 Å². The molecule has 1 aromatic carbocycles. The highest BCUT2D eigenvalue weighted by Gasteiger charge is 2.12. The third kappa shape index (κ3) is 7.00. The fourth-order valence-corrected chi connectivity index (χ4v) is 2.06. The fraction of sp³-hybridized carbons (Fsp3) is 0.500. The van der Waals surface area contributed by atoms with Crippen LogP contribution in [0.3, 0.4) is 0 Å². The van der Waals surface area contributed by atoms with Gasteiger partial charge >= 0.3 is 0 Å². The highest BCUT2D eigenvalue weighted by molar-refractivity contribution is 6.40. The van der Waals surface area contributed by atoms with Crippen molar-refractivity contribution in [1.29, 1.82) is 0 Å². The largest absolute Gasteiger partial charge is 0.399 e. The molecule has 118 valence electrons. The first kappa shape index (κ1) is 18.0. The van der Waals surface area contributed by atoms with Gasteiger partial charge in [0.05, 0.1) is 34.5 Å². The van der Waals surface area contributed by atoms with Gasteiger partial charge in [-0.3, -0.25) is 4.79 Å². The first-order valence-corrected chi connectivity index (χ1v) is 7.21. The molecule has 0 bridgehead atoms. The lowest BCUT2D eigenvalue weighted by molar-refractivity contribution is -0.121. The van der Waals surface area contributed by atoms with Crippen molar-refractivity contribution in [3.8, 4) is 0 Å². The summed E-state index contributed by atoms with van der Waals surface area (Å²) < 4.78 is 10.7. The first-order valence-electron chi connectivity index (χ1n) is 6.45. The van der Waals surface area contributed by atoms with Crippen LogP contribution >= 0.6 is 23.2 Å². The van der Waals surface area contributed by atoms with Crippen molar-refractivity contribution >= 4 is 40.5 Å². The Labute approximate surface area is 134 Å². The Kier molecular flexibility index (Phi) is 6.74. The predicted octanol–water partition coefficient (Wildman–Crippen LogP) is 3.35. The zero-order valence-corrected chi connectivity index (χ0v) is 13.8. The van der Waals surface area contributed by atoms with Crippen molar-refractivity contribution < 1.29 is 14.3 Å². The van der Waals surface area contributed by atoms with Gasteiger partial charge in [-0.1, -0.05) is 23.2 Å². The Morgan fingerprint density at radius 2 is 1.81 bits per heavy atom. The first-order chi connectivity index (χ1) is 9.69. The third-order valence-corrected chi connectivity index (χ3v) is 2.92. The van der Waals surface area contributed by atoms with Gasteiger partial charge < -0.3 is 20.5 Å². The minimum Gasteiger partial charge on any atom is -0.399 e. The van der Waals surface area contributed by atoms with E-state index in [0.717, 1.165) is 0 Å². The summed E-state index contributed by atoms with van der Waals surface area (Å²) in [5.74, 6) is -0.348. The van der Waals surface area contributed by atoms with Crippen molar-refractivity contribution in [3.05, 3.63) is 22.2 Å². The highest BCUT2D eigenvalue weighted by Crippen LogP contribution is 2.32. The fourth-order valence-electron chi connectivity index (χ4n) is 1.46. The van der Waals surface area contributed by atoms with E-state index in [1.54, 1.807) is 0 Å². The molecule has 0 spiro atoms. The monoisotopic (exact) mass is 334 g/mol. The van der Waals surface area contributed by atoms with Gasteiger partial charge in [-0.25, -0.2) is 0 Å². The molecule has 0 aliphatic carbocycles. The number of amides is 1. The molecule has 1 aromatic rings. The van der Waals surface area contributed by atoms with E-state index in [1.807, 2.05) is 20.8 Å². The zero-order valence-electron chi connectivity index (χ0n) is 12.3. The number of anilines is 2. The molecule has 0 unspecified atom stereocenters. The Bertz CT molecular complexity index is 478. The summed E-state index contributed by atoms with van der Waals surface area (Å²) in [5, 5.41) is 3.15. The minimum atomic E-state index is -0.348. The van der Waals surface area contributed by atoms with Crippen LogP contribution in [0.15, 0.2) is 12.1 Å². The number of carbonyl (C=O) groups is 1. The van der Waals surface area contributed by atoms with Crippen molar-refractivity contribution in [2.75, 3.05) is 30.9 Å². The molecule has 0 aromatic heterocycles. The van der Waals surface area contributed by atoms with E-state index < -0.39 is 0 Å². The third-order valence-electron chi connectivity index (χ3n) is 2.32. The maximum atomic E-state index is 11.7. The average molecular weight is 335 g/mol. The number of nitrogens with two attached hydrogens (primary N) is 1. The van der Waals surface area contributed by atoms with Gasteiger partial charge in [0.15, 0.2) is 0 Å². The smallest absolute Gasteiger partial charge is 0.250 e. The molecule has 0 atom stereocenters. The number of benzene rings is 1. The van der Waals surface area contributed by atoms with Crippen LogP contribution in [0.2, 0.25) is 10.0 Å². The van der Waals surface area contributed by atoms with Crippen LogP contribution in [0.1, 0.15) is 20.8 Å². The maximum Gasteiger partial charge on any atom is 0.250 e. The second-order valence-corrected chi connectivity index (χ2v) is 6.24. The van der Waals surface area contributed by atoms with Crippen molar-refractivity contribution in [3.63, 3.8) is 0 Å². The Hall–Kier alpha value is -1.01. The molecule has 0 radical (unpaired) electrons. The van der Waals surface area contributed by atoms with Gasteiger partial charge in [0.25, 0.3) is 0 Å². The molecular weight excluding hydrogens is 315 g/mol. The van der Waals surface area contributed by atoms with Crippen LogP contribution in [0.4, 0.5) is 11.4 Å². The number of halogens is 2. The van der Waals surface area contributed by atoms with Crippen molar-refractivity contribution in [1.82, 2.24) is 0 Å². The summed E-state index contributed by atoms with van der Waals surface area (Å²) in [4.78, 5) is 11.7. The van der Waals surface area contributed by atoms with Crippen LogP contribution in [0.25, 0.3) is 0 Å². The van der Waals surface area contributed by atoms with Gasteiger partial charge in [-0.05, 0) is 32.9 Å². The average Bonchev–Trinajstić information content (AvgIpc) is 2.32. The van der Waals surface area contributed by atoms with Crippen LogP contribution in [0, 0.1) is 0 Å². The molecule has 0 saturated heterocycles. The molecule has 21 heavy (non-hydrogen) atoms. The number of nitrogens with one attached hydrogen (secondary N) is 1. The quantitative estimate of drug-likeness (QED) is 0.618. The molecule has 0 fully saturated rings. The molecule has 0 heterocycles. The summed E-state index contributed by atoms with van der Waals surface area (Å²) in [6, 6.07) is 3.03. The van der Waals surface area contributed by atoms with Gasteiger partial charge in [0.1, 0.15) is 6.61 Å². The number of ether oxygens (including phenoxy) is 2. The number of hydrogen-bond donors (Lipinski definition) is 2. The summed E-state index contributed by atoms with van der Waals surface area (Å²) in [6.45, 7) is 6.49. The Morgan fingerprint density at radius 1 is 1.24 bits per heavy atom.